The first kappa shape index (κ1) is 20.1. The summed E-state index contributed by atoms with van der Waals surface area (Å²) in [6, 6.07) is 8.69. The van der Waals surface area contributed by atoms with Gasteiger partial charge in [0.25, 0.3) is 5.91 Å². The Morgan fingerprint density at radius 1 is 1.22 bits per heavy atom. The molecule has 1 amide bonds. The summed E-state index contributed by atoms with van der Waals surface area (Å²) in [6.45, 7) is 7.25. The second-order valence-electron chi connectivity index (χ2n) is 8.46. The highest BCUT2D eigenvalue weighted by Gasteiger charge is 2.30. The van der Waals surface area contributed by atoms with Crippen molar-refractivity contribution in [2.24, 2.45) is 11.3 Å². The van der Waals surface area contributed by atoms with Crippen molar-refractivity contribution in [3.63, 3.8) is 0 Å². The molecule has 0 saturated carbocycles. The molecule has 1 aromatic carbocycles. The average molecular weight is 406 g/mol. The van der Waals surface area contributed by atoms with Gasteiger partial charge < -0.3 is 5.32 Å². The Hall–Kier alpha value is -1.66. The molecule has 1 aliphatic rings. The number of hydrogen-bond donors (Lipinski definition) is 1. The number of amides is 1. The van der Waals surface area contributed by atoms with E-state index in [-0.39, 0.29) is 10.8 Å². The molecule has 3 rings (SSSR count). The summed E-state index contributed by atoms with van der Waals surface area (Å²) in [4.78, 5) is 14.9. The Labute approximate surface area is 165 Å². The molecular weight excluding hydrogens is 378 g/mol. The zero-order valence-corrected chi connectivity index (χ0v) is 18.0. The van der Waals surface area contributed by atoms with Gasteiger partial charge in [0.1, 0.15) is 0 Å². The quantitative estimate of drug-likeness (QED) is 0.828. The van der Waals surface area contributed by atoms with Crippen molar-refractivity contribution in [2.45, 2.75) is 51.5 Å². The SMILES string of the molecule is CC(C)(C)C1CCc2sc(C(=O)NCc3ccc(S(C)(=O)=O)cc3)cc2C1. The van der Waals surface area contributed by atoms with Gasteiger partial charge in [0.05, 0.1) is 9.77 Å². The highest BCUT2D eigenvalue weighted by molar-refractivity contribution is 7.90. The molecule has 1 aliphatic carbocycles. The molecule has 146 valence electrons. The van der Waals surface area contributed by atoms with Crippen LogP contribution in [0, 0.1) is 11.3 Å². The lowest BCUT2D eigenvalue weighted by Gasteiger charge is -2.33. The van der Waals surface area contributed by atoms with Gasteiger partial charge in [-0.1, -0.05) is 32.9 Å². The van der Waals surface area contributed by atoms with E-state index in [4.69, 9.17) is 0 Å². The molecule has 0 radical (unpaired) electrons. The summed E-state index contributed by atoms with van der Waals surface area (Å²) in [7, 11) is -3.20. The van der Waals surface area contributed by atoms with Crippen LogP contribution in [0.4, 0.5) is 0 Å². The van der Waals surface area contributed by atoms with Crippen molar-refractivity contribution in [2.75, 3.05) is 6.26 Å². The summed E-state index contributed by atoms with van der Waals surface area (Å²) in [5.41, 5.74) is 2.50. The summed E-state index contributed by atoms with van der Waals surface area (Å²) in [6.07, 6.45) is 4.48. The fourth-order valence-corrected chi connectivity index (χ4v) is 5.25. The maximum absolute atomic E-state index is 12.5. The number of nitrogens with one attached hydrogen (secondary N) is 1. The van der Waals surface area contributed by atoms with E-state index in [1.54, 1.807) is 35.6 Å². The van der Waals surface area contributed by atoms with Crippen LogP contribution in [-0.2, 0) is 29.2 Å². The van der Waals surface area contributed by atoms with Crippen molar-refractivity contribution >= 4 is 27.1 Å². The highest BCUT2D eigenvalue weighted by atomic mass is 32.2. The zero-order chi connectivity index (χ0) is 19.8. The van der Waals surface area contributed by atoms with Gasteiger partial charge in [0, 0.05) is 17.7 Å². The van der Waals surface area contributed by atoms with Gasteiger partial charge in [-0.3, -0.25) is 4.79 Å². The van der Waals surface area contributed by atoms with Crippen molar-refractivity contribution in [3.05, 3.63) is 51.2 Å². The first-order valence-corrected chi connectivity index (χ1v) is 11.9. The second-order valence-corrected chi connectivity index (χ2v) is 11.6. The van der Waals surface area contributed by atoms with Crippen LogP contribution in [0.25, 0.3) is 0 Å². The Bertz CT molecular complexity index is 935. The number of sulfone groups is 1. The number of hydrogen-bond acceptors (Lipinski definition) is 4. The Morgan fingerprint density at radius 2 is 1.89 bits per heavy atom. The maximum Gasteiger partial charge on any atom is 0.261 e. The van der Waals surface area contributed by atoms with Crippen molar-refractivity contribution in [1.29, 1.82) is 0 Å². The van der Waals surface area contributed by atoms with E-state index in [0.29, 0.717) is 17.9 Å². The van der Waals surface area contributed by atoms with Crippen LogP contribution >= 0.6 is 11.3 Å². The van der Waals surface area contributed by atoms with Crippen molar-refractivity contribution in [3.8, 4) is 0 Å². The van der Waals surface area contributed by atoms with Gasteiger partial charge in [0.2, 0.25) is 0 Å². The Balaban J connectivity index is 1.64. The third-order valence-electron chi connectivity index (χ3n) is 5.34. The minimum atomic E-state index is -3.20. The van der Waals surface area contributed by atoms with E-state index < -0.39 is 9.84 Å². The Morgan fingerprint density at radius 3 is 2.48 bits per heavy atom. The smallest absolute Gasteiger partial charge is 0.261 e. The summed E-state index contributed by atoms with van der Waals surface area (Å²) < 4.78 is 23.0. The molecular formula is C21H27NO3S2. The van der Waals surface area contributed by atoms with E-state index in [1.807, 2.05) is 0 Å². The van der Waals surface area contributed by atoms with Crippen LogP contribution in [0.3, 0.4) is 0 Å². The van der Waals surface area contributed by atoms with Crippen LogP contribution in [-0.4, -0.2) is 20.6 Å². The molecule has 27 heavy (non-hydrogen) atoms. The molecule has 0 saturated heterocycles. The molecule has 6 heteroatoms. The topological polar surface area (TPSA) is 63.2 Å². The molecule has 0 fully saturated rings. The standard InChI is InChI=1S/C21H27NO3S2/c1-21(2,3)16-7-10-18-15(11-16)12-19(26-18)20(23)22-13-14-5-8-17(9-6-14)27(4,24)25/h5-6,8-9,12,16H,7,10-11,13H2,1-4H3,(H,22,23). The van der Waals surface area contributed by atoms with Crippen LogP contribution in [0.15, 0.2) is 35.2 Å². The third-order valence-corrected chi connectivity index (χ3v) is 7.70. The molecule has 0 aliphatic heterocycles. The lowest BCUT2D eigenvalue weighted by molar-refractivity contribution is 0.0955. The van der Waals surface area contributed by atoms with Gasteiger partial charge in [-0.2, -0.15) is 0 Å². The molecule has 4 nitrogen and oxygen atoms in total. The fourth-order valence-electron chi connectivity index (χ4n) is 3.50. The van der Waals surface area contributed by atoms with Crippen LogP contribution in [0.1, 0.15) is 52.9 Å². The summed E-state index contributed by atoms with van der Waals surface area (Å²) >= 11 is 1.61. The number of thiophene rings is 1. The van der Waals surface area contributed by atoms with Crippen LogP contribution in [0.5, 0.6) is 0 Å². The van der Waals surface area contributed by atoms with Crippen molar-refractivity contribution < 1.29 is 13.2 Å². The molecule has 1 heterocycles. The normalized spacial score (nSPS) is 17.4. The minimum Gasteiger partial charge on any atom is -0.347 e. The van der Waals surface area contributed by atoms with E-state index in [0.717, 1.165) is 23.3 Å². The number of fused-ring (bicyclic) bond motifs is 1. The summed E-state index contributed by atoms with van der Waals surface area (Å²) in [5, 5.41) is 2.95. The zero-order valence-electron chi connectivity index (χ0n) is 16.3. The Kier molecular flexibility index (Phi) is 5.50. The van der Waals surface area contributed by atoms with Gasteiger partial charge >= 0.3 is 0 Å². The molecule has 0 bridgehead atoms. The lowest BCUT2D eigenvalue weighted by Crippen LogP contribution is -2.26. The van der Waals surface area contributed by atoms with Crippen LogP contribution in [0.2, 0.25) is 0 Å². The summed E-state index contributed by atoms with van der Waals surface area (Å²) in [5.74, 6) is 0.595. The molecule has 1 N–H and O–H groups in total. The van der Waals surface area contributed by atoms with Gasteiger partial charge in [-0.15, -0.1) is 11.3 Å². The average Bonchev–Trinajstić information content (AvgIpc) is 3.02. The predicted molar refractivity (Wildman–Crippen MR) is 110 cm³/mol. The maximum atomic E-state index is 12.5. The van der Waals surface area contributed by atoms with E-state index >= 15 is 0 Å². The highest BCUT2D eigenvalue weighted by Crippen LogP contribution is 2.40. The van der Waals surface area contributed by atoms with E-state index in [1.165, 1.54) is 23.1 Å². The number of aryl methyl sites for hydroxylation is 1. The molecule has 1 atom stereocenters. The fraction of sp³-hybridized carbons (Fsp3) is 0.476. The van der Waals surface area contributed by atoms with Gasteiger partial charge in [-0.05, 0) is 59.9 Å². The van der Waals surface area contributed by atoms with E-state index in [9.17, 15) is 13.2 Å². The second kappa shape index (κ2) is 7.40. The molecule has 0 spiro atoms. The van der Waals surface area contributed by atoms with Crippen LogP contribution < -0.4 is 5.32 Å². The number of carbonyl (C=O) groups is 1. The molecule has 1 unspecified atom stereocenters. The van der Waals surface area contributed by atoms with Gasteiger partial charge in [0.15, 0.2) is 9.84 Å². The number of benzene rings is 1. The third kappa shape index (κ3) is 4.79. The molecule has 1 aromatic heterocycles. The minimum absolute atomic E-state index is 0.0612. The predicted octanol–water partition coefficient (Wildman–Crippen LogP) is 4.23. The first-order chi connectivity index (χ1) is 12.5. The van der Waals surface area contributed by atoms with Crippen molar-refractivity contribution in [1.82, 2.24) is 5.32 Å². The monoisotopic (exact) mass is 405 g/mol. The number of carbonyl (C=O) groups excluding carboxylic acids is 1. The first-order valence-electron chi connectivity index (χ1n) is 9.23. The molecule has 2 aromatic rings. The van der Waals surface area contributed by atoms with E-state index in [2.05, 4.69) is 32.2 Å². The largest absolute Gasteiger partial charge is 0.347 e. The van der Waals surface area contributed by atoms with Gasteiger partial charge in [-0.25, -0.2) is 8.42 Å². The number of rotatable bonds is 4. The lowest BCUT2D eigenvalue weighted by atomic mass is 9.72.